The molecule has 0 bridgehead atoms. The van der Waals surface area contributed by atoms with Gasteiger partial charge in [-0.1, -0.05) is 12.0 Å². The maximum atomic E-state index is 5.59. The molecular formula is C14H16O. The van der Waals surface area contributed by atoms with Crippen molar-refractivity contribution in [2.24, 2.45) is 0 Å². The Morgan fingerprint density at radius 1 is 1.47 bits per heavy atom. The summed E-state index contributed by atoms with van der Waals surface area (Å²) >= 11 is 0. The molecule has 1 saturated carbocycles. The zero-order valence-corrected chi connectivity index (χ0v) is 9.34. The van der Waals surface area contributed by atoms with Gasteiger partial charge in [0.15, 0.2) is 0 Å². The Morgan fingerprint density at radius 2 is 2.20 bits per heavy atom. The van der Waals surface area contributed by atoms with Gasteiger partial charge in [0.1, 0.15) is 5.75 Å². The lowest BCUT2D eigenvalue weighted by molar-refractivity contribution is 0.340. The molecule has 1 aliphatic carbocycles. The third kappa shape index (κ3) is 1.72. The van der Waals surface area contributed by atoms with Gasteiger partial charge in [0, 0.05) is 0 Å². The van der Waals surface area contributed by atoms with Gasteiger partial charge < -0.3 is 4.74 Å². The minimum atomic E-state index is 0.0365. The molecule has 1 aromatic carbocycles. The summed E-state index contributed by atoms with van der Waals surface area (Å²) in [6, 6.07) is 6.21. The van der Waals surface area contributed by atoms with Gasteiger partial charge in [0.2, 0.25) is 0 Å². The molecule has 1 aromatic rings. The molecule has 1 fully saturated rings. The van der Waals surface area contributed by atoms with Gasteiger partial charge >= 0.3 is 0 Å². The van der Waals surface area contributed by atoms with Crippen molar-refractivity contribution in [2.75, 3.05) is 6.61 Å². The standard InChI is InChI=1S/C14H16O/c1-4-14(8-9-14)13-7-6-12(15-5-2)10-11(13)3/h1,6-7,10H,5,8-9H2,2-3H3. The second kappa shape index (κ2) is 3.62. The fraction of sp³-hybridized carbons (Fsp3) is 0.429. The molecule has 1 aliphatic rings. The Morgan fingerprint density at radius 3 is 2.67 bits per heavy atom. The molecule has 0 amide bonds. The normalized spacial score (nSPS) is 16.9. The second-order valence-electron chi connectivity index (χ2n) is 4.14. The summed E-state index contributed by atoms with van der Waals surface area (Å²) in [5, 5.41) is 0. The average Bonchev–Trinajstić information content (AvgIpc) is 2.99. The third-order valence-corrected chi connectivity index (χ3v) is 3.05. The van der Waals surface area contributed by atoms with Crippen LogP contribution in [0.5, 0.6) is 5.75 Å². The molecule has 0 radical (unpaired) electrons. The zero-order chi connectivity index (χ0) is 10.9. The van der Waals surface area contributed by atoms with Crippen LogP contribution in [-0.4, -0.2) is 6.61 Å². The molecule has 0 heterocycles. The summed E-state index contributed by atoms with van der Waals surface area (Å²) in [6.45, 7) is 4.81. The maximum Gasteiger partial charge on any atom is 0.119 e. The van der Waals surface area contributed by atoms with Gasteiger partial charge in [-0.3, -0.25) is 0 Å². The molecule has 0 aliphatic heterocycles. The van der Waals surface area contributed by atoms with Crippen molar-refractivity contribution in [3.05, 3.63) is 29.3 Å². The number of rotatable bonds is 3. The molecule has 0 N–H and O–H groups in total. The zero-order valence-electron chi connectivity index (χ0n) is 9.34. The van der Waals surface area contributed by atoms with E-state index in [4.69, 9.17) is 11.2 Å². The van der Waals surface area contributed by atoms with Crippen LogP contribution in [0.25, 0.3) is 0 Å². The highest BCUT2D eigenvalue weighted by molar-refractivity contribution is 5.47. The van der Waals surface area contributed by atoms with Crippen LogP contribution in [0.15, 0.2) is 18.2 Å². The topological polar surface area (TPSA) is 9.23 Å². The van der Waals surface area contributed by atoms with Crippen molar-refractivity contribution in [3.63, 3.8) is 0 Å². The van der Waals surface area contributed by atoms with E-state index < -0.39 is 0 Å². The Balaban J connectivity index is 2.32. The predicted octanol–water partition coefficient (Wildman–Crippen LogP) is 3.06. The highest BCUT2D eigenvalue weighted by Crippen LogP contribution is 2.49. The SMILES string of the molecule is C#CC1(c2ccc(OCC)cc2C)CC1. The van der Waals surface area contributed by atoms with Crippen LogP contribution in [0, 0.1) is 19.3 Å². The van der Waals surface area contributed by atoms with Crippen molar-refractivity contribution in [1.82, 2.24) is 0 Å². The van der Waals surface area contributed by atoms with Crippen LogP contribution in [0.1, 0.15) is 30.9 Å². The van der Waals surface area contributed by atoms with E-state index >= 15 is 0 Å². The number of hydrogen-bond acceptors (Lipinski definition) is 1. The fourth-order valence-electron chi connectivity index (χ4n) is 2.05. The molecule has 0 saturated heterocycles. The first-order valence-corrected chi connectivity index (χ1v) is 5.43. The van der Waals surface area contributed by atoms with E-state index in [1.54, 1.807) is 0 Å². The quantitative estimate of drug-likeness (QED) is 0.681. The van der Waals surface area contributed by atoms with E-state index in [9.17, 15) is 0 Å². The lowest BCUT2D eigenvalue weighted by atomic mass is 9.92. The van der Waals surface area contributed by atoms with Gasteiger partial charge in [-0.25, -0.2) is 0 Å². The number of terminal acetylenes is 1. The van der Waals surface area contributed by atoms with Crippen LogP contribution in [0.2, 0.25) is 0 Å². The molecule has 0 spiro atoms. The van der Waals surface area contributed by atoms with Crippen LogP contribution >= 0.6 is 0 Å². The van der Waals surface area contributed by atoms with Gasteiger partial charge in [-0.2, -0.15) is 0 Å². The molecule has 0 aromatic heterocycles. The Hall–Kier alpha value is -1.42. The van der Waals surface area contributed by atoms with Gasteiger partial charge in [0.05, 0.1) is 12.0 Å². The molecule has 1 heteroatoms. The number of ether oxygens (including phenoxy) is 1. The van der Waals surface area contributed by atoms with Crippen LogP contribution in [0.4, 0.5) is 0 Å². The molecule has 0 unspecified atom stereocenters. The summed E-state index contributed by atoms with van der Waals surface area (Å²) < 4.78 is 5.46. The fourth-order valence-corrected chi connectivity index (χ4v) is 2.05. The highest BCUT2D eigenvalue weighted by Gasteiger charge is 2.43. The third-order valence-electron chi connectivity index (χ3n) is 3.05. The summed E-state index contributed by atoms with van der Waals surface area (Å²) in [7, 11) is 0. The second-order valence-corrected chi connectivity index (χ2v) is 4.14. The summed E-state index contributed by atoms with van der Waals surface area (Å²) in [5.41, 5.74) is 2.58. The Kier molecular flexibility index (Phi) is 2.44. The van der Waals surface area contributed by atoms with E-state index in [0.29, 0.717) is 6.61 Å². The van der Waals surface area contributed by atoms with Gasteiger partial charge in [-0.15, -0.1) is 6.42 Å². The van der Waals surface area contributed by atoms with Crippen LogP contribution < -0.4 is 4.74 Å². The van der Waals surface area contributed by atoms with Crippen molar-refractivity contribution >= 4 is 0 Å². The largest absolute Gasteiger partial charge is 0.494 e. The lowest BCUT2D eigenvalue weighted by Crippen LogP contribution is -2.05. The molecular weight excluding hydrogens is 184 g/mol. The molecule has 0 atom stereocenters. The first kappa shape index (κ1) is 10.1. The van der Waals surface area contributed by atoms with Gasteiger partial charge in [0.25, 0.3) is 0 Å². The van der Waals surface area contributed by atoms with E-state index in [0.717, 1.165) is 18.6 Å². The van der Waals surface area contributed by atoms with Crippen molar-refractivity contribution in [2.45, 2.75) is 32.1 Å². The molecule has 78 valence electrons. The van der Waals surface area contributed by atoms with Crippen molar-refractivity contribution in [3.8, 4) is 18.1 Å². The number of aryl methyl sites for hydroxylation is 1. The Bertz CT molecular complexity index is 408. The number of hydrogen-bond donors (Lipinski definition) is 0. The lowest BCUT2D eigenvalue weighted by Gasteiger charge is -2.13. The van der Waals surface area contributed by atoms with E-state index in [1.807, 2.05) is 13.0 Å². The average molecular weight is 200 g/mol. The van der Waals surface area contributed by atoms with E-state index in [-0.39, 0.29) is 5.41 Å². The highest BCUT2D eigenvalue weighted by atomic mass is 16.5. The van der Waals surface area contributed by atoms with E-state index in [2.05, 4.69) is 25.0 Å². The minimum Gasteiger partial charge on any atom is -0.494 e. The number of benzene rings is 1. The Labute approximate surface area is 91.5 Å². The monoisotopic (exact) mass is 200 g/mol. The smallest absolute Gasteiger partial charge is 0.119 e. The van der Waals surface area contributed by atoms with Crippen LogP contribution in [-0.2, 0) is 5.41 Å². The van der Waals surface area contributed by atoms with Crippen molar-refractivity contribution in [1.29, 1.82) is 0 Å². The van der Waals surface area contributed by atoms with Gasteiger partial charge in [-0.05, 0) is 49.9 Å². The summed E-state index contributed by atoms with van der Waals surface area (Å²) in [5.74, 6) is 3.86. The summed E-state index contributed by atoms with van der Waals surface area (Å²) in [6.07, 6.45) is 7.83. The van der Waals surface area contributed by atoms with Crippen LogP contribution in [0.3, 0.4) is 0 Å². The molecule has 1 nitrogen and oxygen atoms in total. The minimum absolute atomic E-state index is 0.0365. The first-order valence-electron chi connectivity index (χ1n) is 5.43. The molecule has 2 rings (SSSR count). The summed E-state index contributed by atoms with van der Waals surface area (Å²) in [4.78, 5) is 0. The first-order chi connectivity index (χ1) is 7.22. The van der Waals surface area contributed by atoms with E-state index in [1.165, 1.54) is 11.1 Å². The predicted molar refractivity (Wildman–Crippen MR) is 62.1 cm³/mol. The van der Waals surface area contributed by atoms with Crippen molar-refractivity contribution < 1.29 is 4.74 Å². The molecule has 15 heavy (non-hydrogen) atoms. The maximum absolute atomic E-state index is 5.59.